The number of fused-ring (bicyclic) bond motifs is 4. The van der Waals surface area contributed by atoms with E-state index in [0.717, 1.165) is 19.3 Å². The predicted molar refractivity (Wildman–Crippen MR) is 120 cm³/mol. The zero-order valence-corrected chi connectivity index (χ0v) is 18.2. The van der Waals surface area contributed by atoms with Crippen LogP contribution in [0.25, 0.3) is 11.1 Å². The van der Waals surface area contributed by atoms with E-state index in [4.69, 9.17) is 9.15 Å². The summed E-state index contributed by atoms with van der Waals surface area (Å²) in [7, 11) is 0. The van der Waals surface area contributed by atoms with Crippen molar-refractivity contribution in [2.24, 2.45) is 0 Å². The number of aromatic nitrogens is 1. The number of rotatable bonds is 4. The lowest BCUT2D eigenvalue weighted by Gasteiger charge is -2.38. The molecule has 6 rings (SSSR count). The monoisotopic (exact) mass is 447 g/mol. The Balaban J connectivity index is 1.10. The Morgan fingerprint density at radius 1 is 1.00 bits per heavy atom. The summed E-state index contributed by atoms with van der Waals surface area (Å²) in [5.74, 6) is -0.430. The summed E-state index contributed by atoms with van der Waals surface area (Å²) in [5, 5.41) is 0. The standard InChI is InChI=1S/C25H25N3O5/c29-22(11-14-27-19-7-3-4-8-20(19)32-24(27)30)26-12-9-17(10-13-26)28-23-18-6-2-1-5-16(18)15-21(23)33-25(28)31/h1-8,17,21,23H,9-15H2/t21-,23+/m0/s1. The number of likely N-dealkylation sites (tertiary alicyclic amines) is 1. The molecule has 170 valence electrons. The van der Waals surface area contributed by atoms with E-state index < -0.39 is 5.76 Å². The number of carbonyl (C=O) groups excluding carboxylic acids is 2. The smallest absolute Gasteiger partial charge is 0.419 e. The van der Waals surface area contributed by atoms with Crippen LogP contribution in [-0.4, -0.2) is 51.6 Å². The van der Waals surface area contributed by atoms with Crippen LogP contribution in [0.2, 0.25) is 0 Å². The SMILES string of the molecule is O=C(CCn1c(=O)oc2ccccc21)N1CCC(N2C(=O)O[C@H]3Cc4ccccc4[C@H]32)CC1. The van der Waals surface area contributed by atoms with Gasteiger partial charge in [-0.05, 0) is 36.1 Å². The Bertz CT molecular complexity index is 1290. The molecule has 1 aliphatic carbocycles. The number of para-hydroxylation sites is 2. The Labute approximate surface area is 190 Å². The van der Waals surface area contributed by atoms with Crippen molar-refractivity contribution in [2.75, 3.05) is 13.1 Å². The first kappa shape index (κ1) is 20.1. The third-order valence-electron chi connectivity index (χ3n) is 7.24. The van der Waals surface area contributed by atoms with Gasteiger partial charge in [0.1, 0.15) is 6.10 Å². The Morgan fingerprint density at radius 2 is 1.76 bits per heavy atom. The molecular weight excluding hydrogens is 422 g/mol. The second kappa shape index (κ2) is 7.79. The molecule has 2 fully saturated rings. The van der Waals surface area contributed by atoms with Crippen molar-refractivity contribution in [3.8, 4) is 0 Å². The van der Waals surface area contributed by atoms with E-state index in [0.29, 0.717) is 24.2 Å². The van der Waals surface area contributed by atoms with E-state index in [-0.39, 0.29) is 43.2 Å². The molecule has 0 spiro atoms. The van der Waals surface area contributed by atoms with Crippen LogP contribution in [0.3, 0.4) is 0 Å². The predicted octanol–water partition coefficient (Wildman–Crippen LogP) is 3.09. The molecule has 0 N–H and O–H groups in total. The number of aryl methyl sites for hydroxylation is 1. The summed E-state index contributed by atoms with van der Waals surface area (Å²) in [6, 6.07) is 15.5. The minimum atomic E-state index is -0.443. The maximum absolute atomic E-state index is 12.9. The van der Waals surface area contributed by atoms with E-state index in [1.54, 1.807) is 6.07 Å². The van der Waals surface area contributed by atoms with Crippen molar-refractivity contribution < 1.29 is 18.7 Å². The fraction of sp³-hybridized carbons (Fsp3) is 0.400. The van der Waals surface area contributed by atoms with Gasteiger partial charge in [-0.25, -0.2) is 9.59 Å². The van der Waals surface area contributed by atoms with E-state index >= 15 is 0 Å². The fourth-order valence-electron chi connectivity index (χ4n) is 5.64. The van der Waals surface area contributed by atoms with Crippen LogP contribution in [0.4, 0.5) is 4.79 Å². The molecule has 8 nitrogen and oxygen atoms in total. The van der Waals surface area contributed by atoms with Crippen molar-refractivity contribution in [1.82, 2.24) is 14.4 Å². The molecule has 0 saturated carbocycles. The summed E-state index contributed by atoms with van der Waals surface area (Å²) >= 11 is 0. The van der Waals surface area contributed by atoms with Gasteiger partial charge in [-0.2, -0.15) is 0 Å². The first-order chi connectivity index (χ1) is 16.1. The Hall–Kier alpha value is -3.55. The van der Waals surface area contributed by atoms with Crippen molar-refractivity contribution in [3.05, 3.63) is 70.2 Å². The van der Waals surface area contributed by atoms with Gasteiger partial charge in [0.05, 0.1) is 11.6 Å². The van der Waals surface area contributed by atoms with Crippen LogP contribution in [0, 0.1) is 0 Å². The molecule has 2 amide bonds. The molecule has 1 aromatic heterocycles. The third kappa shape index (κ3) is 3.32. The molecule has 2 aromatic carbocycles. The van der Waals surface area contributed by atoms with Gasteiger partial charge in [0.2, 0.25) is 5.91 Å². The molecule has 0 radical (unpaired) electrons. The normalized spacial score (nSPS) is 22.5. The zero-order chi connectivity index (χ0) is 22.5. The number of amides is 2. The van der Waals surface area contributed by atoms with Gasteiger partial charge in [0.25, 0.3) is 0 Å². The molecule has 2 aliphatic heterocycles. The van der Waals surface area contributed by atoms with E-state index in [1.165, 1.54) is 15.7 Å². The van der Waals surface area contributed by atoms with Crippen LogP contribution in [0.1, 0.15) is 36.4 Å². The number of carbonyl (C=O) groups is 2. The first-order valence-corrected chi connectivity index (χ1v) is 11.5. The molecule has 0 unspecified atom stereocenters. The molecule has 3 heterocycles. The van der Waals surface area contributed by atoms with Crippen LogP contribution >= 0.6 is 0 Å². The quantitative estimate of drug-likeness (QED) is 0.614. The molecule has 33 heavy (non-hydrogen) atoms. The third-order valence-corrected chi connectivity index (χ3v) is 7.24. The number of piperidine rings is 1. The van der Waals surface area contributed by atoms with Crippen LogP contribution in [0.15, 0.2) is 57.7 Å². The van der Waals surface area contributed by atoms with Gasteiger partial charge < -0.3 is 14.1 Å². The first-order valence-electron chi connectivity index (χ1n) is 11.5. The minimum Gasteiger partial charge on any atom is -0.443 e. The highest BCUT2D eigenvalue weighted by atomic mass is 16.6. The summed E-state index contributed by atoms with van der Waals surface area (Å²) in [5.41, 5.74) is 3.66. The highest BCUT2D eigenvalue weighted by molar-refractivity contribution is 5.77. The van der Waals surface area contributed by atoms with Crippen molar-refractivity contribution in [3.63, 3.8) is 0 Å². The highest BCUT2D eigenvalue weighted by Crippen LogP contribution is 2.44. The van der Waals surface area contributed by atoms with Crippen LogP contribution < -0.4 is 5.76 Å². The second-order valence-electron chi connectivity index (χ2n) is 9.03. The molecule has 0 bridgehead atoms. The maximum atomic E-state index is 12.9. The minimum absolute atomic E-state index is 0.0127. The summed E-state index contributed by atoms with van der Waals surface area (Å²) in [4.78, 5) is 41.4. The van der Waals surface area contributed by atoms with Gasteiger partial charge in [-0.3, -0.25) is 14.3 Å². The van der Waals surface area contributed by atoms with E-state index in [9.17, 15) is 14.4 Å². The number of oxazole rings is 1. The molecular formula is C25H25N3O5. The molecule has 8 heteroatoms. The highest BCUT2D eigenvalue weighted by Gasteiger charge is 2.50. The van der Waals surface area contributed by atoms with Gasteiger partial charge in [-0.1, -0.05) is 36.4 Å². The topological polar surface area (TPSA) is 85.0 Å². The van der Waals surface area contributed by atoms with Gasteiger partial charge >= 0.3 is 11.8 Å². The van der Waals surface area contributed by atoms with E-state index in [2.05, 4.69) is 12.1 Å². The summed E-state index contributed by atoms with van der Waals surface area (Å²) in [6.45, 7) is 1.47. The number of ether oxygens (including phenoxy) is 1. The number of hydrogen-bond donors (Lipinski definition) is 0. The maximum Gasteiger partial charge on any atom is 0.419 e. The van der Waals surface area contributed by atoms with Gasteiger partial charge in [0, 0.05) is 38.5 Å². The summed E-state index contributed by atoms with van der Waals surface area (Å²) < 4.78 is 12.5. The molecule has 2 saturated heterocycles. The van der Waals surface area contributed by atoms with Crippen molar-refractivity contribution >= 4 is 23.1 Å². The fourth-order valence-corrected chi connectivity index (χ4v) is 5.64. The average molecular weight is 447 g/mol. The lowest BCUT2D eigenvalue weighted by Crippen LogP contribution is -2.48. The van der Waals surface area contributed by atoms with Gasteiger partial charge in [-0.15, -0.1) is 0 Å². The lowest BCUT2D eigenvalue weighted by molar-refractivity contribution is -0.132. The van der Waals surface area contributed by atoms with E-state index in [1.807, 2.05) is 40.1 Å². The van der Waals surface area contributed by atoms with Crippen LogP contribution in [-0.2, 0) is 22.5 Å². The second-order valence-corrected chi connectivity index (χ2v) is 9.03. The van der Waals surface area contributed by atoms with Crippen molar-refractivity contribution in [2.45, 2.75) is 50.4 Å². The lowest BCUT2D eigenvalue weighted by atomic mass is 9.99. The van der Waals surface area contributed by atoms with Crippen LogP contribution in [0.5, 0.6) is 0 Å². The molecule has 3 aliphatic rings. The molecule has 3 aromatic rings. The average Bonchev–Trinajstić information content (AvgIpc) is 3.45. The zero-order valence-electron chi connectivity index (χ0n) is 18.2. The number of benzene rings is 2. The largest absolute Gasteiger partial charge is 0.443 e. The number of nitrogens with zero attached hydrogens (tertiary/aromatic N) is 3. The number of hydrogen-bond acceptors (Lipinski definition) is 5. The summed E-state index contributed by atoms with van der Waals surface area (Å²) in [6.07, 6.45) is 2.09. The van der Waals surface area contributed by atoms with Gasteiger partial charge in [0.15, 0.2) is 5.58 Å². The Morgan fingerprint density at radius 3 is 2.61 bits per heavy atom. The molecule has 2 atom stereocenters. The van der Waals surface area contributed by atoms with Crippen molar-refractivity contribution in [1.29, 1.82) is 0 Å². The Kier molecular flexibility index (Phi) is 4.74.